The summed E-state index contributed by atoms with van der Waals surface area (Å²) >= 11 is 0. The molecule has 0 aliphatic heterocycles. The number of hydrogen-bond donors (Lipinski definition) is 1. The summed E-state index contributed by atoms with van der Waals surface area (Å²) in [5, 5.41) is 3.50. The van der Waals surface area contributed by atoms with Gasteiger partial charge in [-0.3, -0.25) is 4.90 Å². The molecular formula is C15H28N4. The molecule has 4 heteroatoms. The summed E-state index contributed by atoms with van der Waals surface area (Å²) in [7, 11) is 6.38. The Kier molecular flexibility index (Phi) is 4.31. The maximum atomic E-state index is 4.44. The molecule has 1 aromatic rings. The topological polar surface area (TPSA) is 33.1 Å². The molecule has 2 rings (SSSR count). The van der Waals surface area contributed by atoms with E-state index < -0.39 is 0 Å². The molecule has 2 unspecified atom stereocenters. The van der Waals surface area contributed by atoms with E-state index in [0.29, 0.717) is 17.5 Å². The first kappa shape index (κ1) is 14.5. The average Bonchev–Trinajstić information content (AvgIpc) is 2.74. The lowest BCUT2D eigenvalue weighted by atomic mass is 9.72. The first-order valence-electron chi connectivity index (χ1n) is 7.26. The zero-order valence-corrected chi connectivity index (χ0v) is 13.0. The fraction of sp³-hybridized carbons (Fsp3) is 0.800. The predicted octanol–water partition coefficient (Wildman–Crippen LogP) is 2.02. The SMILES string of the molecule is CNC1CCC(C)(C)CC1N(C)Cc1nccn1C. The van der Waals surface area contributed by atoms with E-state index in [2.05, 4.69) is 54.8 Å². The van der Waals surface area contributed by atoms with Crippen LogP contribution in [-0.4, -0.2) is 40.6 Å². The fourth-order valence-corrected chi connectivity index (χ4v) is 3.24. The van der Waals surface area contributed by atoms with Crippen molar-refractivity contribution in [3.05, 3.63) is 18.2 Å². The minimum Gasteiger partial charge on any atom is -0.337 e. The maximum Gasteiger partial charge on any atom is 0.122 e. The summed E-state index contributed by atoms with van der Waals surface area (Å²) in [6.45, 7) is 5.70. The lowest BCUT2D eigenvalue weighted by molar-refractivity contribution is 0.0783. The fourth-order valence-electron chi connectivity index (χ4n) is 3.24. The van der Waals surface area contributed by atoms with E-state index in [1.807, 2.05) is 12.4 Å². The van der Waals surface area contributed by atoms with Gasteiger partial charge in [0.1, 0.15) is 5.82 Å². The zero-order chi connectivity index (χ0) is 14.0. The summed E-state index contributed by atoms with van der Waals surface area (Å²) in [6, 6.07) is 1.18. The highest BCUT2D eigenvalue weighted by Crippen LogP contribution is 2.37. The number of likely N-dealkylation sites (N-methyl/N-ethyl adjacent to an activating group) is 2. The van der Waals surface area contributed by atoms with Gasteiger partial charge in [-0.2, -0.15) is 0 Å². The summed E-state index contributed by atoms with van der Waals surface area (Å²) in [5.41, 5.74) is 0.452. The quantitative estimate of drug-likeness (QED) is 0.903. The molecule has 1 aliphatic rings. The molecule has 0 aromatic carbocycles. The number of aromatic nitrogens is 2. The van der Waals surface area contributed by atoms with Gasteiger partial charge in [-0.15, -0.1) is 0 Å². The monoisotopic (exact) mass is 264 g/mol. The molecule has 2 atom stereocenters. The number of nitrogens with zero attached hydrogens (tertiary/aromatic N) is 3. The van der Waals surface area contributed by atoms with E-state index in [0.717, 1.165) is 12.4 Å². The summed E-state index contributed by atoms with van der Waals surface area (Å²) in [4.78, 5) is 6.90. The maximum absolute atomic E-state index is 4.44. The second-order valence-corrected chi connectivity index (χ2v) is 6.74. The van der Waals surface area contributed by atoms with Crippen LogP contribution in [0.5, 0.6) is 0 Å². The largest absolute Gasteiger partial charge is 0.337 e. The molecule has 1 fully saturated rings. The Morgan fingerprint density at radius 3 is 2.84 bits per heavy atom. The lowest BCUT2D eigenvalue weighted by Gasteiger charge is -2.44. The number of imidazole rings is 1. The molecule has 0 spiro atoms. The van der Waals surface area contributed by atoms with Gasteiger partial charge in [0.15, 0.2) is 0 Å². The molecule has 0 saturated heterocycles. The van der Waals surface area contributed by atoms with E-state index in [4.69, 9.17) is 0 Å². The van der Waals surface area contributed by atoms with Gasteiger partial charge in [-0.25, -0.2) is 4.98 Å². The van der Waals surface area contributed by atoms with Crippen LogP contribution in [0.25, 0.3) is 0 Å². The molecule has 1 aromatic heterocycles. The smallest absolute Gasteiger partial charge is 0.122 e. The van der Waals surface area contributed by atoms with Gasteiger partial charge < -0.3 is 9.88 Å². The van der Waals surface area contributed by atoms with E-state index in [1.165, 1.54) is 19.3 Å². The van der Waals surface area contributed by atoms with Crippen molar-refractivity contribution in [2.75, 3.05) is 14.1 Å². The molecule has 108 valence electrons. The Hall–Kier alpha value is -0.870. The van der Waals surface area contributed by atoms with Crippen LogP contribution < -0.4 is 5.32 Å². The lowest BCUT2D eigenvalue weighted by Crippen LogP contribution is -2.52. The molecule has 0 radical (unpaired) electrons. The van der Waals surface area contributed by atoms with Crippen LogP contribution >= 0.6 is 0 Å². The first-order valence-corrected chi connectivity index (χ1v) is 7.26. The number of aryl methyl sites for hydroxylation is 1. The van der Waals surface area contributed by atoms with Gasteiger partial charge in [0.05, 0.1) is 6.54 Å². The normalized spacial score (nSPS) is 26.8. The number of rotatable bonds is 4. The molecule has 0 bridgehead atoms. The summed E-state index contributed by atoms with van der Waals surface area (Å²) in [5.74, 6) is 1.14. The average molecular weight is 264 g/mol. The van der Waals surface area contributed by atoms with Gasteiger partial charge in [0.25, 0.3) is 0 Å². The summed E-state index contributed by atoms with van der Waals surface area (Å²) in [6.07, 6.45) is 7.72. The van der Waals surface area contributed by atoms with Gasteiger partial charge in [-0.1, -0.05) is 13.8 Å². The van der Waals surface area contributed by atoms with Gasteiger partial charge in [0, 0.05) is 31.5 Å². The van der Waals surface area contributed by atoms with Crippen molar-refractivity contribution in [1.29, 1.82) is 0 Å². The Morgan fingerprint density at radius 2 is 2.26 bits per heavy atom. The predicted molar refractivity (Wildman–Crippen MR) is 78.9 cm³/mol. The third kappa shape index (κ3) is 3.37. The molecular weight excluding hydrogens is 236 g/mol. The van der Waals surface area contributed by atoms with Crippen LogP contribution in [0.4, 0.5) is 0 Å². The Balaban J connectivity index is 2.06. The Bertz CT molecular complexity index is 410. The van der Waals surface area contributed by atoms with Crippen LogP contribution in [0.1, 0.15) is 38.9 Å². The van der Waals surface area contributed by atoms with Crippen molar-refractivity contribution in [2.24, 2.45) is 12.5 Å². The second kappa shape index (κ2) is 5.63. The van der Waals surface area contributed by atoms with Crippen LogP contribution in [0.15, 0.2) is 12.4 Å². The van der Waals surface area contributed by atoms with Crippen molar-refractivity contribution in [1.82, 2.24) is 19.8 Å². The van der Waals surface area contributed by atoms with E-state index >= 15 is 0 Å². The van der Waals surface area contributed by atoms with Crippen LogP contribution in [0.3, 0.4) is 0 Å². The number of hydrogen-bond acceptors (Lipinski definition) is 3. The molecule has 1 saturated carbocycles. The van der Waals surface area contributed by atoms with Crippen molar-refractivity contribution in [3.63, 3.8) is 0 Å². The Labute approximate surface area is 117 Å². The van der Waals surface area contributed by atoms with Crippen molar-refractivity contribution < 1.29 is 0 Å². The third-order valence-corrected chi connectivity index (χ3v) is 4.61. The highest BCUT2D eigenvalue weighted by molar-refractivity contribution is 4.96. The van der Waals surface area contributed by atoms with Crippen molar-refractivity contribution in [3.8, 4) is 0 Å². The van der Waals surface area contributed by atoms with Gasteiger partial charge in [-0.05, 0) is 38.8 Å². The Morgan fingerprint density at radius 1 is 1.53 bits per heavy atom. The highest BCUT2D eigenvalue weighted by atomic mass is 15.2. The molecule has 0 amide bonds. The number of nitrogens with one attached hydrogen (secondary N) is 1. The molecule has 1 heterocycles. The van der Waals surface area contributed by atoms with Crippen LogP contribution in [0.2, 0.25) is 0 Å². The zero-order valence-electron chi connectivity index (χ0n) is 13.0. The molecule has 1 N–H and O–H groups in total. The first-order chi connectivity index (χ1) is 8.93. The summed E-state index contributed by atoms with van der Waals surface area (Å²) < 4.78 is 2.11. The van der Waals surface area contributed by atoms with Gasteiger partial charge in [0.2, 0.25) is 0 Å². The van der Waals surface area contributed by atoms with Crippen LogP contribution in [0, 0.1) is 5.41 Å². The van der Waals surface area contributed by atoms with E-state index in [-0.39, 0.29) is 0 Å². The molecule has 1 aliphatic carbocycles. The molecule has 4 nitrogen and oxygen atoms in total. The highest BCUT2D eigenvalue weighted by Gasteiger charge is 2.36. The van der Waals surface area contributed by atoms with Crippen LogP contribution in [-0.2, 0) is 13.6 Å². The van der Waals surface area contributed by atoms with Crippen molar-refractivity contribution >= 4 is 0 Å². The second-order valence-electron chi connectivity index (χ2n) is 6.74. The van der Waals surface area contributed by atoms with Crippen molar-refractivity contribution in [2.45, 2.75) is 51.7 Å². The van der Waals surface area contributed by atoms with E-state index in [9.17, 15) is 0 Å². The molecule has 19 heavy (non-hydrogen) atoms. The minimum absolute atomic E-state index is 0.452. The minimum atomic E-state index is 0.452. The third-order valence-electron chi connectivity index (χ3n) is 4.61. The standard InChI is InChI=1S/C15H28N4/c1-15(2)7-6-12(16-3)13(10-15)19(5)11-14-17-8-9-18(14)4/h8-9,12-13,16H,6-7,10-11H2,1-5H3. The van der Waals surface area contributed by atoms with E-state index in [1.54, 1.807) is 0 Å². The van der Waals surface area contributed by atoms with Gasteiger partial charge >= 0.3 is 0 Å².